The molecule has 9 heteroatoms. The first-order chi connectivity index (χ1) is 20.5. The molecule has 208 valence electrons. The number of carbonyl (C=O) groups excluding carboxylic acids is 1. The highest BCUT2D eigenvalue weighted by Gasteiger charge is 2.19. The van der Waals surface area contributed by atoms with Crippen molar-refractivity contribution in [3.63, 3.8) is 0 Å². The van der Waals surface area contributed by atoms with Crippen molar-refractivity contribution in [3.05, 3.63) is 121 Å². The van der Waals surface area contributed by atoms with Crippen LogP contribution in [0.15, 0.2) is 110 Å². The number of aromatic nitrogens is 5. The summed E-state index contributed by atoms with van der Waals surface area (Å²) in [6.45, 7) is 0.838. The number of rotatable bonds is 9. The third-order valence-corrected chi connectivity index (χ3v) is 6.64. The Kier molecular flexibility index (Phi) is 7.65. The molecular weight excluding hydrogens is 524 g/mol. The highest BCUT2D eigenvalue weighted by Crippen LogP contribution is 2.35. The number of hydrogen-bond donors (Lipinski definition) is 2. The number of amides is 1. The van der Waals surface area contributed by atoms with E-state index in [0.717, 1.165) is 45.8 Å². The van der Waals surface area contributed by atoms with E-state index in [9.17, 15) is 4.79 Å². The first-order valence-electron chi connectivity index (χ1n) is 13.6. The normalized spacial score (nSPS) is 11.1. The minimum atomic E-state index is -0.114. The van der Waals surface area contributed by atoms with E-state index < -0.39 is 0 Å². The molecule has 0 fully saturated rings. The van der Waals surface area contributed by atoms with Gasteiger partial charge < -0.3 is 15.5 Å². The summed E-state index contributed by atoms with van der Waals surface area (Å²) < 4.78 is 1.85. The molecular formula is C33H30N8O. The van der Waals surface area contributed by atoms with Crippen LogP contribution in [0.5, 0.6) is 0 Å². The largest absolute Gasteiger partial charge is 0.326 e. The van der Waals surface area contributed by atoms with E-state index in [0.29, 0.717) is 11.6 Å². The lowest BCUT2D eigenvalue weighted by molar-refractivity contribution is -0.115. The quantitative estimate of drug-likeness (QED) is 0.232. The van der Waals surface area contributed by atoms with E-state index in [1.807, 2.05) is 97.6 Å². The summed E-state index contributed by atoms with van der Waals surface area (Å²) in [7, 11) is 4.10. The molecule has 2 N–H and O–H groups in total. The van der Waals surface area contributed by atoms with Crippen LogP contribution in [0.2, 0.25) is 0 Å². The second-order valence-electron chi connectivity index (χ2n) is 10.2. The van der Waals surface area contributed by atoms with E-state index in [1.165, 1.54) is 5.56 Å². The average Bonchev–Trinajstić information content (AvgIpc) is 3.38. The molecule has 0 radical (unpaired) electrons. The molecule has 6 rings (SSSR count). The van der Waals surface area contributed by atoms with Gasteiger partial charge in [0, 0.05) is 48.3 Å². The lowest BCUT2D eigenvalue weighted by atomic mass is 10.0. The standard InChI is InChI=1S/C33H30N8O/c1-40(2)22-24-8-5-11-26(18-24)37-33-35-16-14-28(38-33)31-29-13-3-4-17-41(29)39-32(31)25-10-6-12-27(20-25)36-30(42)19-23-9-7-15-34-21-23/h3-18,20-21H,19,22H2,1-2H3,(H,36,42)(H,35,37,38). The summed E-state index contributed by atoms with van der Waals surface area (Å²) in [5.74, 6) is 0.378. The maximum atomic E-state index is 12.7. The SMILES string of the molecule is CN(C)Cc1cccc(Nc2nccc(-c3c(-c4cccc(NC(=O)Cc5cccnc5)c4)nn4ccccc34)n2)c1. The molecule has 42 heavy (non-hydrogen) atoms. The smallest absolute Gasteiger partial charge is 0.228 e. The second-order valence-corrected chi connectivity index (χ2v) is 10.2. The molecule has 0 saturated carbocycles. The average molecular weight is 555 g/mol. The van der Waals surface area contributed by atoms with Gasteiger partial charge in [-0.1, -0.05) is 36.4 Å². The van der Waals surface area contributed by atoms with Crippen LogP contribution in [-0.2, 0) is 17.8 Å². The Balaban J connectivity index is 1.32. The van der Waals surface area contributed by atoms with Crippen LogP contribution >= 0.6 is 0 Å². The molecule has 0 saturated heterocycles. The Labute approximate surface area is 243 Å². The number of hydrogen-bond acceptors (Lipinski definition) is 7. The fourth-order valence-corrected chi connectivity index (χ4v) is 4.89. The van der Waals surface area contributed by atoms with Crippen molar-refractivity contribution in [2.75, 3.05) is 24.7 Å². The molecule has 4 heterocycles. The van der Waals surface area contributed by atoms with Gasteiger partial charge in [0.05, 0.1) is 23.2 Å². The van der Waals surface area contributed by atoms with Crippen LogP contribution < -0.4 is 10.6 Å². The molecule has 9 nitrogen and oxygen atoms in total. The molecule has 0 aliphatic heterocycles. The maximum Gasteiger partial charge on any atom is 0.228 e. The lowest BCUT2D eigenvalue weighted by Gasteiger charge is -2.12. The van der Waals surface area contributed by atoms with Crippen LogP contribution in [0.1, 0.15) is 11.1 Å². The summed E-state index contributed by atoms with van der Waals surface area (Å²) in [5.41, 5.74) is 7.79. The van der Waals surface area contributed by atoms with E-state index >= 15 is 0 Å². The van der Waals surface area contributed by atoms with Crippen molar-refractivity contribution >= 4 is 28.7 Å². The van der Waals surface area contributed by atoms with E-state index in [1.54, 1.807) is 18.6 Å². The van der Waals surface area contributed by atoms with E-state index in [-0.39, 0.29) is 12.3 Å². The van der Waals surface area contributed by atoms with Crippen molar-refractivity contribution in [1.82, 2.24) is 29.5 Å². The number of benzene rings is 2. The van der Waals surface area contributed by atoms with Gasteiger partial charge in [-0.2, -0.15) is 5.10 Å². The number of anilines is 3. The Morgan fingerprint density at radius 1 is 0.881 bits per heavy atom. The zero-order valence-corrected chi connectivity index (χ0v) is 23.4. The third kappa shape index (κ3) is 6.16. The van der Waals surface area contributed by atoms with Gasteiger partial charge in [0.1, 0.15) is 5.69 Å². The van der Waals surface area contributed by atoms with Gasteiger partial charge in [-0.15, -0.1) is 0 Å². The highest BCUT2D eigenvalue weighted by atomic mass is 16.1. The van der Waals surface area contributed by atoms with Gasteiger partial charge in [0.2, 0.25) is 11.9 Å². The molecule has 0 spiro atoms. The fraction of sp³-hybridized carbons (Fsp3) is 0.121. The number of nitrogens with one attached hydrogen (secondary N) is 2. The molecule has 2 aromatic carbocycles. The predicted molar refractivity (Wildman–Crippen MR) is 165 cm³/mol. The molecule has 4 aromatic heterocycles. The minimum Gasteiger partial charge on any atom is -0.326 e. The summed E-state index contributed by atoms with van der Waals surface area (Å²) in [5, 5.41) is 11.3. The van der Waals surface area contributed by atoms with Crippen molar-refractivity contribution in [3.8, 4) is 22.5 Å². The summed E-state index contributed by atoms with van der Waals surface area (Å²) >= 11 is 0. The van der Waals surface area contributed by atoms with Crippen LogP contribution in [0.4, 0.5) is 17.3 Å². The summed E-state index contributed by atoms with van der Waals surface area (Å²) in [4.78, 5) is 28.3. The lowest BCUT2D eigenvalue weighted by Crippen LogP contribution is -2.14. The fourth-order valence-electron chi connectivity index (χ4n) is 4.89. The zero-order chi connectivity index (χ0) is 28.9. The summed E-state index contributed by atoms with van der Waals surface area (Å²) in [6, 6.07) is 27.5. The summed E-state index contributed by atoms with van der Waals surface area (Å²) in [6.07, 6.45) is 7.30. The van der Waals surface area contributed by atoms with Gasteiger partial charge in [-0.3, -0.25) is 9.78 Å². The van der Waals surface area contributed by atoms with Crippen LogP contribution in [0.3, 0.4) is 0 Å². The third-order valence-electron chi connectivity index (χ3n) is 6.64. The molecule has 0 bridgehead atoms. The van der Waals surface area contributed by atoms with E-state index in [4.69, 9.17) is 10.1 Å². The van der Waals surface area contributed by atoms with Crippen LogP contribution in [-0.4, -0.2) is 49.5 Å². The number of nitrogens with zero attached hydrogens (tertiary/aromatic N) is 6. The molecule has 0 aliphatic rings. The monoisotopic (exact) mass is 554 g/mol. The van der Waals surface area contributed by atoms with Gasteiger partial charge >= 0.3 is 0 Å². The zero-order valence-electron chi connectivity index (χ0n) is 23.4. The topological polar surface area (TPSA) is 100 Å². The Bertz CT molecular complexity index is 1850. The van der Waals surface area contributed by atoms with Crippen LogP contribution in [0.25, 0.3) is 28.0 Å². The molecule has 6 aromatic rings. The number of carbonyl (C=O) groups is 1. The Morgan fingerprint density at radius 3 is 2.60 bits per heavy atom. The Hall–Kier alpha value is -5.41. The van der Waals surface area contributed by atoms with Gasteiger partial charge in [-0.05, 0) is 73.8 Å². The first-order valence-corrected chi connectivity index (χ1v) is 13.6. The van der Waals surface area contributed by atoms with Crippen molar-refractivity contribution < 1.29 is 4.79 Å². The number of pyridine rings is 2. The Morgan fingerprint density at radius 2 is 1.74 bits per heavy atom. The van der Waals surface area contributed by atoms with Crippen molar-refractivity contribution in [2.45, 2.75) is 13.0 Å². The predicted octanol–water partition coefficient (Wildman–Crippen LogP) is 5.84. The van der Waals surface area contributed by atoms with Crippen LogP contribution in [0, 0.1) is 0 Å². The molecule has 0 unspecified atom stereocenters. The van der Waals surface area contributed by atoms with Gasteiger partial charge in [-0.25, -0.2) is 14.5 Å². The molecule has 0 atom stereocenters. The van der Waals surface area contributed by atoms with Gasteiger partial charge in [0.15, 0.2) is 0 Å². The maximum absolute atomic E-state index is 12.7. The second kappa shape index (κ2) is 12.0. The van der Waals surface area contributed by atoms with Crippen molar-refractivity contribution in [1.29, 1.82) is 0 Å². The van der Waals surface area contributed by atoms with Gasteiger partial charge in [0.25, 0.3) is 0 Å². The highest BCUT2D eigenvalue weighted by molar-refractivity contribution is 5.95. The molecule has 0 aliphatic carbocycles. The minimum absolute atomic E-state index is 0.114. The van der Waals surface area contributed by atoms with Crippen molar-refractivity contribution in [2.24, 2.45) is 0 Å². The number of fused-ring (bicyclic) bond motifs is 1. The first kappa shape index (κ1) is 26.8. The van der Waals surface area contributed by atoms with E-state index in [2.05, 4.69) is 37.6 Å². The molecule has 1 amide bonds.